The fourth-order valence-corrected chi connectivity index (χ4v) is 2.66. The molecule has 1 aromatic heterocycles. The van der Waals surface area contributed by atoms with Crippen molar-refractivity contribution in [1.29, 1.82) is 0 Å². The quantitative estimate of drug-likeness (QED) is 0.768. The highest BCUT2D eigenvalue weighted by atomic mass is 32.1. The summed E-state index contributed by atoms with van der Waals surface area (Å²) in [7, 11) is 1.65. The average Bonchev–Trinajstić information content (AvgIpc) is 2.86. The Morgan fingerprint density at radius 2 is 2.25 bits per heavy atom. The first-order valence-corrected chi connectivity index (χ1v) is 7.31. The van der Waals surface area contributed by atoms with Crippen LogP contribution in [0.25, 0.3) is 0 Å². The van der Waals surface area contributed by atoms with Crippen LogP contribution in [0.5, 0.6) is 5.75 Å². The zero-order chi connectivity index (χ0) is 14.4. The van der Waals surface area contributed by atoms with E-state index in [-0.39, 0.29) is 12.4 Å². The van der Waals surface area contributed by atoms with Crippen molar-refractivity contribution in [3.8, 4) is 5.75 Å². The van der Waals surface area contributed by atoms with Crippen LogP contribution < -0.4 is 4.74 Å². The number of carbonyl (C=O) groups excluding carboxylic acids is 1. The maximum atomic E-state index is 11.4. The molecule has 0 unspecified atom stereocenters. The van der Waals surface area contributed by atoms with Crippen LogP contribution in [-0.4, -0.2) is 24.7 Å². The van der Waals surface area contributed by atoms with E-state index >= 15 is 0 Å². The van der Waals surface area contributed by atoms with Crippen molar-refractivity contribution in [3.63, 3.8) is 0 Å². The lowest BCUT2D eigenvalue weighted by Gasteiger charge is -2.02. The lowest BCUT2D eigenvalue weighted by molar-refractivity contribution is -0.142. The fraction of sp³-hybridized carbons (Fsp3) is 0.333. The highest BCUT2D eigenvalue weighted by molar-refractivity contribution is 7.09. The number of rotatable bonds is 6. The van der Waals surface area contributed by atoms with Gasteiger partial charge in [0, 0.05) is 11.8 Å². The Kier molecular flexibility index (Phi) is 5.12. The minimum Gasteiger partial charge on any atom is -0.497 e. The maximum Gasteiger partial charge on any atom is 0.311 e. The van der Waals surface area contributed by atoms with Crippen LogP contribution in [0.3, 0.4) is 0 Å². The Balaban J connectivity index is 2.00. The van der Waals surface area contributed by atoms with Gasteiger partial charge < -0.3 is 9.47 Å². The van der Waals surface area contributed by atoms with Gasteiger partial charge >= 0.3 is 5.97 Å². The van der Waals surface area contributed by atoms with E-state index in [9.17, 15) is 4.79 Å². The van der Waals surface area contributed by atoms with Crippen molar-refractivity contribution in [1.82, 2.24) is 4.98 Å². The number of thiazole rings is 1. The molecular formula is C15H17NO3S. The summed E-state index contributed by atoms with van der Waals surface area (Å²) >= 11 is 1.56. The minimum atomic E-state index is -0.231. The van der Waals surface area contributed by atoms with Crippen LogP contribution in [0.1, 0.15) is 23.2 Å². The van der Waals surface area contributed by atoms with E-state index in [0.29, 0.717) is 6.61 Å². The number of benzene rings is 1. The summed E-state index contributed by atoms with van der Waals surface area (Å²) in [6.45, 7) is 2.20. The van der Waals surface area contributed by atoms with Gasteiger partial charge in [0.15, 0.2) is 0 Å². The summed E-state index contributed by atoms with van der Waals surface area (Å²) in [5.74, 6) is 0.608. The summed E-state index contributed by atoms with van der Waals surface area (Å²) in [5, 5.41) is 2.89. The van der Waals surface area contributed by atoms with Crippen molar-refractivity contribution in [3.05, 3.63) is 45.9 Å². The van der Waals surface area contributed by atoms with E-state index in [1.54, 1.807) is 25.4 Å². The molecule has 4 nitrogen and oxygen atoms in total. The largest absolute Gasteiger partial charge is 0.497 e. The van der Waals surface area contributed by atoms with Gasteiger partial charge in [-0.3, -0.25) is 4.79 Å². The lowest BCUT2D eigenvalue weighted by atomic mass is 10.1. The maximum absolute atomic E-state index is 11.4. The van der Waals surface area contributed by atoms with Crippen LogP contribution in [0.15, 0.2) is 29.6 Å². The molecule has 5 heteroatoms. The number of hydrogen-bond acceptors (Lipinski definition) is 5. The normalized spacial score (nSPS) is 10.3. The number of hydrogen-bond donors (Lipinski definition) is 0. The third-order valence-electron chi connectivity index (χ3n) is 2.72. The molecule has 0 N–H and O–H groups in total. The zero-order valence-corrected chi connectivity index (χ0v) is 12.4. The first-order chi connectivity index (χ1) is 9.71. The molecule has 0 radical (unpaired) electrons. The van der Waals surface area contributed by atoms with Gasteiger partial charge in [-0.15, -0.1) is 11.3 Å². The Labute approximate surface area is 122 Å². The first-order valence-electron chi connectivity index (χ1n) is 6.43. The van der Waals surface area contributed by atoms with Crippen LogP contribution in [0.2, 0.25) is 0 Å². The number of aromatic nitrogens is 1. The van der Waals surface area contributed by atoms with E-state index in [4.69, 9.17) is 9.47 Å². The van der Waals surface area contributed by atoms with Crippen LogP contribution in [-0.2, 0) is 22.4 Å². The highest BCUT2D eigenvalue weighted by Crippen LogP contribution is 2.19. The molecule has 0 fully saturated rings. The third-order valence-corrected chi connectivity index (χ3v) is 3.62. The molecule has 0 saturated heterocycles. The molecule has 0 atom stereocenters. The van der Waals surface area contributed by atoms with Gasteiger partial charge in [0.05, 0.1) is 30.8 Å². The Morgan fingerprint density at radius 1 is 1.40 bits per heavy atom. The Hall–Kier alpha value is -1.88. The van der Waals surface area contributed by atoms with Crippen LogP contribution in [0.4, 0.5) is 0 Å². The van der Waals surface area contributed by atoms with Crippen molar-refractivity contribution in [2.45, 2.75) is 19.8 Å². The molecular weight excluding hydrogens is 274 g/mol. The summed E-state index contributed by atoms with van der Waals surface area (Å²) in [4.78, 5) is 15.8. The van der Waals surface area contributed by atoms with Gasteiger partial charge in [0.2, 0.25) is 0 Å². The van der Waals surface area contributed by atoms with Gasteiger partial charge in [-0.1, -0.05) is 12.1 Å². The number of ether oxygens (including phenoxy) is 2. The van der Waals surface area contributed by atoms with Gasteiger partial charge in [-0.05, 0) is 24.6 Å². The second-order valence-electron chi connectivity index (χ2n) is 4.24. The molecule has 0 saturated carbocycles. The molecule has 20 heavy (non-hydrogen) atoms. The van der Waals surface area contributed by atoms with Crippen LogP contribution in [0, 0.1) is 0 Å². The molecule has 1 heterocycles. The van der Waals surface area contributed by atoms with Crippen molar-refractivity contribution in [2.75, 3.05) is 13.7 Å². The second kappa shape index (κ2) is 7.05. The zero-order valence-electron chi connectivity index (χ0n) is 11.6. The molecule has 1 aromatic carbocycles. The molecule has 0 aliphatic carbocycles. The number of methoxy groups -OCH3 is 1. The van der Waals surface area contributed by atoms with E-state index in [1.807, 2.05) is 29.6 Å². The second-order valence-corrected chi connectivity index (χ2v) is 5.19. The SMILES string of the molecule is CCOC(=O)Cc1csc(Cc2cccc(OC)c2)n1. The molecule has 0 bridgehead atoms. The highest BCUT2D eigenvalue weighted by Gasteiger charge is 2.09. The van der Waals surface area contributed by atoms with Crippen LogP contribution >= 0.6 is 11.3 Å². The van der Waals surface area contributed by atoms with Gasteiger partial charge in [-0.25, -0.2) is 4.98 Å². The van der Waals surface area contributed by atoms with E-state index < -0.39 is 0 Å². The summed E-state index contributed by atoms with van der Waals surface area (Å²) in [5.41, 5.74) is 1.91. The first kappa shape index (κ1) is 14.5. The number of esters is 1. The average molecular weight is 291 g/mol. The Morgan fingerprint density at radius 3 is 3.00 bits per heavy atom. The molecule has 0 aliphatic heterocycles. The standard InChI is InChI=1S/C15H17NO3S/c1-3-19-15(17)9-12-10-20-14(16-12)8-11-5-4-6-13(7-11)18-2/h4-7,10H,3,8-9H2,1-2H3. The van der Waals surface area contributed by atoms with Crippen molar-refractivity contribution in [2.24, 2.45) is 0 Å². The predicted octanol–water partition coefficient (Wildman–Crippen LogP) is 2.85. The van der Waals surface area contributed by atoms with Gasteiger partial charge in [0.1, 0.15) is 5.75 Å². The molecule has 2 aromatic rings. The molecule has 2 rings (SSSR count). The number of carbonyl (C=O) groups is 1. The molecule has 0 aliphatic rings. The molecule has 106 valence electrons. The van der Waals surface area contributed by atoms with E-state index in [2.05, 4.69) is 4.98 Å². The topological polar surface area (TPSA) is 48.4 Å². The Bertz CT molecular complexity index is 580. The summed E-state index contributed by atoms with van der Waals surface area (Å²) in [6, 6.07) is 7.90. The van der Waals surface area contributed by atoms with Gasteiger partial charge in [-0.2, -0.15) is 0 Å². The van der Waals surface area contributed by atoms with E-state index in [1.165, 1.54) is 0 Å². The molecule has 0 amide bonds. The monoisotopic (exact) mass is 291 g/mol. The number of nitrogens with zero attached hydrogens (tertiary/aromatic N) is 1. The smallest absolute Gasteiger partial charge is 0.311 e. The third kappa shape index (κ3) is 4.06. The van der Waals surface area contributed by atoms with E-state index in [0.717, 1.165) is 28.4 Å². The lowest BCUT2D eigenvalue weighted by Crippen LogP contribution is -2.07. The van der Waals surface area contributed by atoms with Crippen molar-refractivity contribution >= 4 is 17.3 Å². The molecule has 0 spiro atoms. The minimum absolute atomic E-state index is 0.231. The van der Waals surface area contributed by atoms with Crippen molar-refractivity contribution < 1.29 is 14.3 Å². The predicted molar refractivity (Wildman–Crippen MR) is 78.3 cm³/mol. The summed E-state index contributed by atoms with van der Waals surface area (Å²) in [6.07, 6.45) is 0.979. The fourth-order valence-electron chi connectivity index (χ4n) is 1.83. The summed E-state index contributed by atoms with van der Waals surface area (Å²) < 4.78 is 10.1. The van der Waals surface area contributed by atoms with Gasteiger partial charge in [0.25, 0.3) is 0 Å².